The van der Waals surface area contributed by atoms with E-state index in [-0.39, 0.29) is 0 Å². The van der Waals surface area contributed by atoms with E-state index in [1.807, 2.05) is 0 Å². The fourth-order valence-corrected chi connectivity index (χ4v) is 1.54. The van der Waals surface area contributed by atoms with Gasteiger partial charge in [0, 0.05) is 18.9 Å². The molecule has 0 amide bonds. The zero-order valence-corrected chi connectivity index (χ0v) is 9.93. The van der Waals surface area contributed by atoms with Crippen LogP contribution in [0.1, 0.15) is 0 Å². The molecule has 6 nitrogen and oxygen atoms in total. The summed E-state index contributed by atoms with van der Waals surface area (Å²) in [5.41, 5.74) is 6.60. The lowest BCUT2D eigenvalue weighted by Crippen LogP contribution is -2.17. The first-order valence-corrected chi connectivity index (χ1v) is 5.53. The Morgan fingerprint density at radius 2 is 1.89 bits per heavy atom. The zero-order chi connectivity index (χ0) is 13.9. The minimum Gasteiger partial charge on any atom is -0.396 e. The van der Waals surface area contributed by atoms with Crippen molar-refractivity contribution in [3.05, 3.63) is 24.8 Å². The van der Waals surface area contributed by atoms with Gasteiger partial charge in [-0.15, -0.1) is 0 Å². The highest BCUT2D eigenvalue weighted by atomic mass is 19.4. The van der Waals surface area contributed by atoms with Gasteiger partial charge < -0.3 is 11.1 Å². The smallest absolute Gasteiger partial charge is 0.396 e. The Morgan fingerprint density at radius 1 is 1.16 bits per heavy atom. The number of aromatic nitrogens is 4. The molecule has 2 rings (SSSR count). The van der Waals surface area contributed by atoms with Gasteiger partial charge in [-0.05, 0) is 0 Å². The van der Waals surface area contributed by atoms with Gasteiger partial charge in [0.2, 0.25) is 0 Å². The van der Waals surface area contributed by atoms with Crippen LogP contribution >= 0.6 is 0 Å². The molecule has 3 N–H and O–H groups in total. The van der Waals surface area contributed by atoms with Gasteiger partial charge in [-0.3, -0.25) is 9.36 Å². The number of alkyl halides is 3. The SMILES string of the molecule is Nc1cnn(CCNc2cnn(CC(F)(F)F)c2)c1. The Labute approximate surface area is 107 Å². The normalized spacial score (nSPS) is 11.7. The second kappa shape index (κ2) is 5.21. The van der Waals surface area contributed by atoms with Crippen LogP contribution < -0.4 is 11.1 Å². The van der Waals surface area contributed by atoms with Crippen molar-refractivity contribution >= 4 is 11.4 Å². The average Bonchev–Trinajstić information content (AvgIpc) is 2.86. The van der Waals surface area contributed by atoms with Gasteiger partial charge >= 0.3 is 6.18 Å². The molecule has 0 radical (unpaired) electrons. The molecule has 2 aromatic rings. The van der Waals surface area contributed by atoms with Crippen molar-refractivity contribution in [3.63, 3.8) is 0 Å². The third-order valence-electron chi connectivity index (χ3n) is 2.30. The van der Waals surface area contributed by atoms with E-state index in [2.05, 4.69) is 15.5 Å². The molecule has 0 atom stereocenters. The largest absolute Gasteiger partial charge is 0.408 e. The highest BCUT2D eigenvalue weighted by molar-refractivity contribution is 5.38. The summed E-state index contributed by atoms with van der Waals surface area (Å²) in [6.07, 6.45) is 1.60. The standard InChI is InChI=1S/C10H13F3N6/c11-10(12,13)7-19-6-9(4-17-19)15-1-2-18-5-8(14)3-16-18/h3-6,15H,1-2,7,14H2. The van der Waals surface area contributed by atoms with Gasteiger partial charge in [-0.2, -0.15) is 23.4 Å². The van der Waals surface area contributed by atoms with Gasteiger partial charge in [0.1, 0.15) is 6.54 Å². The molecule has 2 aromatic heterocycles. The topological polar surface area (TPSA) is 73.7 Å². The molecule has 0 saturated carbocycles. The Morgan fingerprint density at radius 3 is 2.53 bits per heavy atom. The van der Waals surface area contributed by atoms with Gasteiger partial charge in [-0.1, -0.05) is 0 Å². The van der Waals surface area contributed by atoms with Crippen LogP contribution in [0.5, 0.6) is 0 Å². The molecular formula is C10H13F3N6. The second-order valence-electron chi connectivity index (χ2n) is 4.01. The van der Waals surface area contributed by atoms with Crippen LogP contribution in [0.15, 0.2) is 24.8 Å². The number of hydrogen-bond donors (Lipinski definition) is 2. The van der Waals surface area contributed by atoms with E-state index in [1.54, 1.807) is 10.9 Å². The number of nitrogens with one attached hydrogen (secondary N) is 1. The Bertz CT molecular complexity index is 529. The van der Waals surface area contributed by atoms with Crippen LogP contribution in [0.3, 0.4) is 0 Å². The van der Waals surface area contributed by atoms with E-state index in [4.69, 9.17) is 5.73 Å². The summed E-state index contributed by atoms with van der Waals surface area (Å²) in [6, 6.07) is 0. The van der Waals surface area contributed by atoms with Crippen molar-refractivity contribution in [1.29, 1.82) is 0 Å². The summed E-state index contributed by atoms with van der Waals surface area (Å²) in [5.74, 6) is 0. The number of nitrogen functional groups attached to an aromatic ring is 1. The summed E-state index contributed by atoms with van der Waals surface area (Å²) in [6.45, 7) is -0.0230. The van der Waals surface area contributed by atoms with E-state index in [0.717, 1.165) is 4.68 Å². The lowest BCUT2D eigenvalue weighted by atomic mass is 10.5. The van der Waals surface area contributed by atoms with Crippen LogP contribution in [-0.4, -0.2) is 32.3 Å². The summed E-state index contributed by atoms with van der Waals surface area (Å²) >= 11 is 0. The molecule has 19 heavy (non-hydrogen) atoms. The third-order valence-corrected chi connectivity index (χ3v) is 2.30. The summed E-state index contributed by atoms with van der Waals surface area (Å²) in [4.78, 5) is 0. The maximum Gasteiger partial charge on any atom is 0.408 e. The number of nitrogens with two attached hydrogens (primary N) is 1. The first-order chi connectivity index (χ1) is 8.92. The van der Waals surface area contributed by atoms with E-state index >= 15 is 0 Å². The molecule has 0 aliphatic heterocycles. The maximum atomic E-state index is 12.1. The Balaban J connectivity index is 1.80. The first kappa shape index (κ1) is 13.2. The highest BCUT2D eigenvalue weighted by Crippen LogP contribution is 2.17. The Kier molecular flexibility index (Phi) is 3.63. The maximum absolute atomic E-state index is 12.1. The van der Waals surface area contributed by atoms with E-state index in [0.29, 0.717) is 24.5 Å². The van der Waals surface area contributed by atoms with Crippen LogP contribution in [0, 0.1) is 0 Å². The molecule has 0 aliphatic rings. The van der Waals surface area contributed by atoms with Crippen molar-refractivity contribution in [2.45, 2.75) is 19.3 Å². The fourth-order valence-electron chi connectivity index (χ4n) is 1.54. The predicted octanol–water partition coefficient (Wildman–Crippen LogP) is 1.34. The van der Waals surface area contributed by atoms with Gasteiger partial charge in [-0.25, -0.2) is 0 Å². The summed E-state index contributed by atoms with van der Waals surface area (Å²) < 4.78 is 38.8. The monoisotopic (exact) mass is 274 g/mol. The van der Waals surface area contributed by atoms with Crippen molar-refractivity contribution in [3.8, 4) is 0 Å². The van der Waals surface area contributed by atoms with E-state index in [1.165, 1.54) is 18.6 Å². The quantitative estimate of drug-likeness (QED) is 0.862. The molecule has 0 spiro atoms. The molecule has 0 fully saturated rings. The molecule has 0 unspecified atom stereocenters. The third kappa shape index (κ3) is 4.19. The van der Waals surface area contributed by atoms with E-state index in [9.17, 15) is 13.2 Å². The molecule has 0 saturated heterocycles. The second-order valence-corrected chi connectivity index (χ2v) is 4.01. The van der Waals surface area contributed by atoms with Crippen LogP contribution in [0.4, 0.5) is 24.5 Å². The number of nitrogens with zero attached hydrogens (tertiary/aromatic N) is 4. The first-order valence-electron chi connectivity index (χ1n) is 5.53. The number of rotatable bonds is 5. The average molecular weight is 274 g/mol. The number of anilines is 2. The van der Waals surface area contributed by atoms with E-state index < -0.39 is 12.7 Å². The number of halogens is 3. The molecule has 9 heteroatoms. The Hall–Kier alpha value is -2.19. The van der Waals surface area contributed by atoms with Crippen molar-refractivity contribution in [2.24, 2.45) is 0 Å². The van der Waals surface area contributed by atoms with Crippen LogP contribution in [0.25, 0.3) is 0 Å². The lowest BCUT2D eigenvalue weighted by Gasteiger charge is -2.05. The molecule has 0 aromatic carbocycles. The predicted molar refractivity (Wildman–Crippen MR) is 63.4 cm³/mol. The molecule has 2 heterocycles. The zero-order valence-electron chi connectivity index (χ0n) is 9.93. The fraction of sp³-hybridized carbons (Fsp3) is 0.400. The van der Waals surface area contributed by atoms with Crippen LogP contribution in [0.2, 0.25) is 0 Å². The van der Waals surface area contributed by atoms with Crippen molar-refractivity contribution in [2.75, 3.05) is 17.6 Å². The minimum absolute atomic E-state index is 0.513. The molecule has 104 valence electrons. The van der Waals surface area contributed by atoms with Crippen molar-refractivity contribution < 1.29 is 13.2 Å². The molecular weight excluding hydrogens is 261 g/mol. The van der Waals surface area contributed by atoms with Crippen LogP contribution in [-0.2, 0) is 13.1 Å². The highest BCUT2D eigenvalue weighted by Gasteiger charge is 2.28. The summed E-state index contributed by atoms with van der Waals surface area (Å²) in [7, 11) is 0. The summed E-state index contributed by atoms with van der Waals surface area (Å²) in [5, 5.41) is 10.6. The van der Waals surface area contributed by atoms with Gasteiger partial charge in [0.25, 0.3) is 0 Å². The van der Waals surface area contributed by atoms with Gasteiger partial charge in [0.15, 0.2) is 0 Å². The molecule has 0 bridgehead atoms. The molecule has 0 aliphatic carbocycles. The number of hydrogen-bond acceptors (Lipinski definition) is 4. The minimum atomic E-state index is -4.27. The lowest BCUT2D eigenvalue weighted by molar-refractivity contribution is -0.142. The van der Waals surface area contributed by atoms with Crippen molar-refractivity contribution in [1.82, 2.24) is 19.6 Å². The van der Waals surface area contributed by atoms with Gasteiger partial charge in [0.05, 0.1) is 30.3 Å².